The lowest BCUT2D eigenvalue weighted by atomic mass is 10.1. The average Bonchev–Trinajstić information content (AvgIpc) is 2.82. The predicted molar refractivity (Wildman–Crippen MR) is 81.0 cm³/mol. The van der Waals surface area contributed by atoms with E-state index in [1.807, 2.05) is 12.1 Å². The minimum atomic E-state index is 0.678. The number of rotatable bonds is 2. The van der Waals surface area contributed by atoms with Crippen LogP contribution in [0.2, 0.25) is 0 Å². The number of aryl methyl sites for hydroxylation is 1. The second kappa shape index (κ2) is 5.19. The van der Waals surface area contributed by atoms with E-state index in [2.05, 4.69) is 49.9 Å². The third kappa shape index (κ3) is 2.57. The molecule has 0 amide bonds. The van der Waals surface area contributed by atoms with Crippen molar-refractivity contribution in [2.75, 3.05) is 0 Å². The number of halogens is 1. The van der Waals surface area contributed by atoms with Gasteiger partial charge in [0.05, 0.1) is 5.69 Å². The van der Waals surface area contributed by atoms with Crippen molar-refractivity contribution in [1.82, 2.24) is 15.0 Å². The van der Waals surface area contributed by atoms with Gasteiger partial charge >= 0.3 is 0 Å². The van der Waals surface area contributed by atoms with Crippen LogP contribution in [0.4, 0.5) is 0 Å². The Morgan fingerprint density at radius 2 is 1.89 bits per heavy atom. The van der Waals surface area contributed by atoms with Crippen molar-refractivity contribution in [2.45, 2.75) is 6.92 Å². The van der Waals surface area contributed by atoms with Crippen molar-refractivity contribution in [3.63, 3.8) is 0 Å². The molecule has 2 heterocycles. The highest BCUT2D eigenvalue weighted by Gasteiger charge is 2.12. The Morgan fingerprint density at radius 3 is 2.63 bits per heavy atom. The van der Waals surface area contributed by atoms with E-state index in [4.69, 9.17) is 0 Å². The zero-order chi connectivity index (χ0) is 13.2. The third-order valence-electron chi connectivity index (χ3n) is 2.65. The van der Waals surface area contributed by atoms with E-state index in [0.717, 1.165) is 20.7 Å². The summed E-state index contributed by atoms with van der Waals surface area (Å²) < 4.78 is 1.05. The first-order valence-electron chi connectivity index (χ1n) is 5.75. The molecular weight excluding hydrogens is 322 g/mol. The molecule has 0 spiro atoms. The van der Waals surface area contributed by atoms with Crippen LogP contribution in [0.5, 0.6) is 0 Å². The molecule has 2 aromatic heterocycles. The molecule has 0 unspecified atom stereocenters. The van der Waals surface area contributed by atoms with Crippen molar-refractivity contribution in [2.24, 2.45) is 0 Å². The van der Waals surface area contributed by atoms with Crippen LogP contribution in [0.25, 0.3) is 22.1 Å². The molecule has 0 N–H and O–H groups in total. The summed E-state index contributed by atoms with van der Waals surface area (Å²) in [7, 11) is 0. The molecule has 0 aliphatic carbocycles. The number of benzene rings is 1. The summed E-state index contributed by atoms with van der Waals surface area (Å²) in [5.41, 5.74) is 2.10. The monoisotopic (exact) mass is 331 g/mol. The molecule has 1 aromatic carbocycles. The third-order valence-corrected chi connectivity index (χ3v) is 4.11. The Morgan fingerprint density at radius 1 is 1.11 bits per heavy atom. The van der Waals surface area contributed by atoms with Crippen LogP contribution in [0.15, 0.2) is 47.2 Å². The van der Waals surface area contributed by atoms with E-state index < -0.39 is 0 Å². The highest BCUT2D eigenvalue weighted by atomic mass is 79.9. The second-order valence-corrected chi connectivity index (χ2v) is 6.13. The summed E-state index contributed by atoms with van der Waals surface area (Å²) >= 11 is 5.10. The topological polar surface area (TPSA) is 38.7 Å². The van der Waals surface area contributed by atoms with Crippen molar-refractivity contribution in [1.29, 1.82) is 0 Å². The predicted octanol–water partition coefficient (Wildman–Crippen LogP) is 4.34. The standard InChI is InChI=1S/C14H10BrN3S/c1-9-12(10-4-2-5-11(15)8-10)18-14(19-9)13-16-6-3-7-17-13/h2-8H,1H3. The van der Waals surface area contributed by atoms with E-state index in [0.29, 0.717) is 5.82 Å². The zero-order valence-corrected chi connectivity index (χ0v) is 12.6. The van der Waals surface area contributed by atoms with Gasteiger partial charge in [-0.05, 0) is 25.1 Å². The molecular formula is C14H10BrN3S. The molecule has 3 aromatic rings. The Bertz CT molecular complexity index is 710. The van der Waals surface area contributed by atoms with Gasteiger partial charge in [0.1, 0.15) is 0 Å². The van der Waals surface area contributed by atoms with Gasteiger partial charge in [0.15, 0.2) is 10.8 Å². The molecule has 0 bridgehead atoms. The zero-order valence-electron chi connectivity index (χ0n) is 10.2. The van der Waals surface area contributed by atoms with Gasteiger partial charge < -0.3 is 0 Å². The minimum absolute atomic E-state index is 0.678. The fourth-order valence-corrected chi connectivity index (χ4v) is 3.09. The maximum absolute atomic E-state index is 4.66. The molecule has 3 nitrogen and oxygen atoms in total. The number of thiazole rings is 1. The molecule has 0 radical (unpaired) electrons. The molecule has 5 heteroatoms. The normalized spacial score (nSPS) is 10.6. The van der Waals surface area contributed by atoms with Crippen molar-refractivity contribution < 1.29 is 0 Å². The van der Waals surface area contributed by atoms with Gasteiger partial charge in [-0.25, -0.2) is 15.0 Å². The molecule has 3 rings (SSSR count). The Kier molecular flexibility index (Phi) is 3.40. The molecule has 0 aliphatic heterocycles. The fraction of sp³-hybridized carbons (Fsp3) is 0.0714. The van der Waals surface area contributed by atoms with Gasteiger partial charge in [-0.1, -0.05) is 28.1 Å². The minimum Gasteiger partial charge on any atom is -0.234 e. The van der Waals surface area contributed by atoms with Crippen molar-refractivity contribution >= 4 is 27.3 Å². The van der Waals surface area contributed by atoms with Gasteiger partial charge in [0, 0.05) is 27.3 Å². The number of hydrogen-bond donors (Lipinski definition) is 0. The fourth-order valence-electron chi connectivity index (χ4n) is 1.81. The molecule has 0 saturated heterocycles. The van der Waals surface area contributed by atoms with Crippen LogP contribution in [0.3, 0.4) is 0 Å². The Labute approximate surface area is 123 Å². The average molecular weight is 332 g/mol. The SMILES string of the molecule is Cc1sc(-c2ncccn2)nc1-c1cccc(Br)c1. The first-order valence-corrected chi connectivity index (χ1v) is 7.36. The van der Waals surface area contributed by atoms with Gasteiger partial charge in [-0.2, -0.15) is 0 Å². The molecule has 0 aliphatic rings. The summed E-state index contributed by atoms with van der Waals surface area (Å²) in [5, 5.41) is 0.855. The maximum atomic E-state index is 4.66. The van der Waals surface area contributed by atoms with E-state index in [1.54, 1.807) is 29.8 Å². The van der Waals surface area contributed by atoms with Crippen LogP contribution in [0.1, 0.15) is 4.88 Å². The largest absolute Gasteiger partial charge is 0.234 e. The summed E-state index contributed by atoms with van der Waals surface area (Å²) in [6.45, 7) is 2.07. The number of hydrogen-bond acceptors (Lipinski definition) is 4. The highest BCUT2D eigenvalue weighted by Crippen LogP contribution is 2.32. The molecule has 0 saturated carbocycles. The number of aromatic nitrogens is 3. The van der Waals surface area contributed by atoms with E-state index in [-0.39, 0.29) is 0 Å². The summed E-state index contributed by atoms with van der Waals surface area (Å²) in [6.07, 6.45) is 3.47. The first-order chi connectivity index (χ1) is 9.24. The van der Waals surface area contributed by atoms with Gasteiger partial charge in [0.2, 0.25) is 0 Å². The van der Waals surface area contributed by atoms with E-state index in [9.17, 15) is 0 Å². The maximum Gasteiger partial charge on any atom is 0.188 e. The Hall–Kier alpha value is -1.59. The lowest BCUT2D eigenvalue weighted by molar-refractivity contribution is 1.16. The highest BCUT2D eigenvalue weighted by molar-refractivity contribution is 9.10. The quantitative estimate of drug-likeness (QED) is 0.701. The van der Waals surface area contributed by atoms with Crippen molar-refractivity contribution in [3.8, 4) is 22.1 Å². The van der Waals surface area contributed by atoms with Crippen LogP contribution in [0, 0.1) is 6.92 Å². The van der Waals surface area contributed by atoms with E-state index >= 15 is 0 Å². The Balaban J connectivity index is 2.08. The summed E-state index contributed by atoms with van der Waals surface area (Å²) in [4.78, 5) is 14.3. The van der Waals surface area contributed by atoms with Crippen LogP contribution >= 0.6 is 27.3 Å². The van der Waals surface area contributed by atoms with Crippen LogP contribution in [-0.4, -0.2) is 15.0 Å². The summed E-state index contributed by atoms with van der Waals surface area (Å²) in [5.74, 6) is 0.678. The molecule has 19 heavy (non-hydrogen) atoms. The van der Waals surface area contributed by atoms with Crippen molar-refractivity contribution in [3.05, 3.63) is 52.1 Å². The molecule has 0 atom stereocenters. The van der Waals surface area contributed by atoms with Crippen LogP contribution in [-0.2, 0) is 0 Å². The van der Waals surface area contributed by atoms with Crippen LogP contribution < -0.4 is 0 Å². The molecule has 94 valence electrons. The van der Waals surface area contributed by atoms with Gasteiger partial charge in [0.25, 0.3) is 0 Å². The van der Waals surface area contributed by atoms with E-state index in [1.165, 1.54) is 4.88 Å². The van der Waals surface area contributed by atoms with Gasteiger partial charge in [-0.15, -0.1) is 11.3 Å². The van der Waals surface area contributed by atoms with Gasteiger partial charge in [-0.3, -0.25) is 0 Å². The first kappa shape index (κ1) is 12.4. The second-order valence-electron chi connectivity index (χ2n) is 4.01. The lowest BCUT2D eigenvalue weighted by Crippen LogP contribution is -1.86. The summed E-state index contributed by atoms with van der Waals surface area (Å²) in [6, 6.07) is 9.95. The lowest BCUT2D eigenvalue weighted by Gasteiger charge is -1.99. The molecule has 0 fully saturated rings. The smallest absolute Gasteiger partial charge is 0.188 e. The number of nitrogens with zero attached hydrogens (tertiary/aromatic N) is 3.